The van der Waals surface area contributed by atoms with Crippen LogP contribution in [0.3, 0.4) is 0 Å². The SMILES string of the molecule is COC(=O)NCC(CO)NC(=O)OC(C)(C)C. The van der Waals surface area contributed by atoms with Gasteiger partial charge in [-0.2, -0.15) is 0 Å². The summed E-state index contributed by atoms with van der Waals surface area (Å²) >= 11 is 0. The second-order valence-corrected chi connectivity index (χ2v) is 4.40. The molecule has 0 aliphatic carbocycles. The Kier molecular flexibility index (Phi) is 6.34. The Morgan fingerprint density at radius 1 is 1.29 bits per heavy atom. The lowest BCUT2D eigenvalue weighted by Crippen LogP contribution is -2.47. The monoisotopic (exact) mass is 248 g/mol. The van der Waals surface area contributed by atoms with Crippen molar-refractivity contribution in [1.29, 1.82) is 0 Å². The lowest BCUT2D eigenvalue weighted by molar-refractivity contribution is 0.0481. The Morgan fingerprint density at radius 2 is 1.88 bits per heavy atom. The summed E-state index contributed by atoms with van der Waals surface area (Å²) in [7, 11) is 1.23. The first-order valence-electron chi connectivity index (χ1n) is 5.20. The highest BCUT2D eigenvalue weighted by molar-refractivity contribution is 5.69. The highest BCUT2D eigenvalue weighted by Gasteiger charge is 2.19. The van der Waals surface area contributed by atoms with Crippen molar-refractivity contribution >= 4 is 12.2 Å². The summed E-state index contributed by atoms with van der Waals surface area (Å²) in [4.78, 5) is 22.1. The molecular formula is C10H20N2O5. The van der Waals surface area contributed by atoms with Crippen molar-refractivity contribution in [3.63, 3.8) is 0 Å². The molecule has 0 aliphatic heterocycles. The van der Waals surface area contributed by atoms with Crippen molar-refractivity contribution < 1.29 is 24.2 Å². The van der Waals surface area contributed by atoms with Crippen LogP contribution in [0.5, 0.6) is 0 Å². The van der Waals surface area contributed by atoms with Crippen LogP contribution in [-0.4, -0.2) is 49.2 Å². The van der Waals surface area contributed by atoms with E-state index in [4.69, 9.17) is 9.84 Å². The number of amides is 2. The van der Waals surface area contributed by atoms with Crippen LogP contribution in [0.4, 0.5) is 9.59 Å². The van der Waals surface area contributed by atoms with Crippen molar-refractivity contribution in [2.45, 2.75) is 32.4 Å². The van der Waals surface area contributed by atoms with E-state index in [1.54, 1.807) is 20.8 Å². The van der Waals surface area contributed by atoms with Crippen LogP contribution < -0.4 is 10.6 Å². The van der Waals surface area contributed by atoms with Crippen LogP contribution in [0.25, 0.3) is 0 Å². The highest BCUT2D eigenvalue weighted by Crippen LogP contribution is 2.06. The summed E-state index contributed by atoms with van der Waals surface area (Å²) in [6.45, 7) is 4.93. The topological polar surface area (TPSA) is 96.9 Å². The van der Waals surface area contributed by atoms with Crippen molar-refractivity contribution in [1.82, 2.24) is 10.6 Å². The van der Waals surface area contributed by atoms with Crippen molar-refractivity contribution in [2.75, 3.05) is 20.3 Å². The second kappa shape index (κ2) is 6.95. The maximum absolute atomic E-state index is 11.4. The normalized spacial score (nSPS) is 12.5. The molecule has 0 radical (unpaired) electrons. The van der Waals surface area contributed by atoms with Gasteiger partial charge in [0.15, 0.2) is 0 Å². The molecule has 3 N–H and O–H groups in total. The molecule has 0 aromatic rings. The van der Waals surface area contributed by atoms with Crippen LogP contribution in [-0.2, 0) is 9.47 Å². The third-order valence-corrected chi connectivity index (χ3v) is 1.62. The number of aliphatic hydroxyl groups excluding tert-OH is 1. The number of carbonyl (C=O) groups excluding carboxylic acids is 2. The first-order chi connectivity index (χ1) is 7.78. The molecule has 0 aromatic carbocycles. The Balaban J connectivity index is 4.04. The fraction of sp³-hybridized carbons (Fsp3) is 0.800. The van der Waals surface area contributed by atoms with E-state index in [9.17, 15) is 9.59 Å². The summed E-state index contributed by atoms with van der Waals surface area (Å²) in [6.07, 6.45) is -1.28. The Hall–Kier alpha value is -1.50. The summed E-state index contributed by atoms with van der Waals surface area (Å²) in [5.41, 5.74) is -0.611. The van der Waals surface area contributed by atoms with Crippen LogP contribution in [0.1, 0.15) is 20.8 Å². The van der Waals surface area contributed by atoms with Gasteiger partial charge in [0.25, 0.3) is 0 Å². The van der Waals surface area contributed by atoms with E-state index < -0.39 is 23.8 Å². The molecule has 0 heterocycles. The number of carbonyl (C=O) groups is 2. The van der Waals surface area contributed by atoms with Crippen molar-refractivity contribution in [3.8, 4) is 0 Å². The van der Waals surface area contributed by atoms with Gasteiger partial charge in [0, 0.05) is 6.54 Å². The van der Waals surface area contributed by atoms with E-state index in [1.807, 2.05) is 0 Å². The molecule has 0 spiro atoms. The van der Waals surface area contributed by atoms with E-state index in [0.29, 0.717) is 0 Å². The molecule has 0 aromatic heterocycles. The summed E-state index contributed by atoms with van der Waals surface area (Å²) < 4.78 is 9.35. The van der Waals surface area contributed by atoms with Gasteiger partial charge in [0.2, 0.25) is 0 Å². The number of nitrogens with one attached hydrogen (secondary N) is 2. The van der Waals surface area contributed by atoms with Gasteiger partial charge in [-0.05, 0) is 20.8 Å². The first kappa shape index (κ1) is 15.5. The number of rotatable bonds is 4. The van der Waals surface area contributed by atoms with E-state index >= 15 is 0 Å². The average Bonchev–Trinajstić information content (AvgIpc) is 2.20. The van der Waals surface area contributed by atoms with E-state index in [-0.39, 0.29) is 13.2 Å². The molecule has 7 heteroatoms. The Morgan fingerprint density at radius 3 is 2.29 bits per heavy atom. The molecular weight excluding hydrogens is 228 g/mol. The number of methoxy groups -OCH3 is 1. The zero-order valence-corrected chi connectivity index (χ0v) is 10.6. The van der Waals surface area contributed by atoms with Gasteiger partial charge < -0.3 is 25.2 Å². The van der Waals surface area contributed by atoms with Gasteiger partial charge in [-0.3, -0.25) is 0 Å². The summed E-state index contributed by atoms with van der Waals surface area (Å²) in [5.74, 6) is 0. The molecule has 1 atom stereocenters. The molecule has 7 nitrogen and oxygen atoms in total. The Bertz CT molecular complexity index is 262. The fourth-order valence-corrected chi connectivity index (χ4v) is 0.914. The van der Waals surface area contributed by atoms with E-state index in [1.165, 1.54) is 7.11 Å². The van der Waals surface area contributed by atoms with E-state index in [0.717, 1.165) is 0 Å². The molecule has 0 saturated carbocycles. The molecule has 0 fully saturated rings. The molecule has 0 bridgehead atoms. The van der Waals surface area contributed by atoms with Gasteiger partial charge in [-0.25, -0.2) is 9.59 Å². The molecule has 0 aliphatic rings. The molecule has 2 amide bonds. The predicted octanol–water partition coefficient (Wildman–Crippen LogP) is 0.228. The maximum atomic E-state index is 11.4. The Labute approximate surface area is 100 Å². The minimum atomic E-state index is -0.650. The summed E-state index contributed by atoms with van der Waals surface area (Å²) in [6, 6.07) is -0.621. The second-order valence-electron chi connectivity index (χ2n) is 4.40. The van der Waals surface area contributed by atoms with Crippen LogP contribution >= 0.6 is 0 Å². The van der Waals surface area contributed by atoms with Gasteiger partial charge in [-0.15, -0.1) is 0 Å². The third-order valence-electron chi connectivity index (χ3n) is 1.62. The third kappa shape index (κ3) is 8.32. The quantitative estimate of drug-likeness (QED) is 0.661. The number of ether oxygens (including phenoxy) is 2. The van der Waals surface area contributed by atoms with E-state index in [2.05, 4.69) is 15.4 Å². The van der Waals surface area contributed by atoms with Crippen molar-refractivity contribution in [2.24, 2.45) is 0 Å². The average molecular weight is 248 g/mol. The lowest BCUT2D eigenvalue weighted by atomic mass is 10.2. The predicted molar refractivity (Wildman–Crippen MR) is 60.7 cm³/mol. The lowest BCUT2D eigenvalue weighted by Gasteiger charge is -2.22. The molecule has 100 valence electrons. The molecule has 0 saturated heterocycles. The highest BCUT2D eigenvalue weighted by atomic mass is 16.6. The molecule has 17 heavy (non-hydrogen) atoms. The maximum Gasteiger partial charge on any atom is 0.408 e. The van der Waals surface area contributed by atoms with Crippen LogP contribution in [0.2, 0.25) is 0 Å². The molecule has 0 rings (SSSR count). The standard InChI is InChI=1S/C10H20N2O5/c1-10(2,3)17-9(15)12-7(6-13)5-11-8(14)16-4/h7,13H,5-6H2,1-4H3,(H,11,14)(H,12,15). The van der Waals surface area contributed by atoms with Crippen LogP contribution in [0.15, 0.2) is 0 Å². The minimum Gasteiger partial charge on any atom is -0.453 e. The largest absolute Gasteiger partial charge is 0.453 e. The van der Waals surface area contributed by atoms with Gasteiger partial charge >= 0.3 is 12.2 Å². The number of aliphatic hydroxyl groups is 1. The zero-order valence-electron chi connectivity index (χ0n) is 10.6. The number of hydrogen-bond donors (Lipinski definition) is 3. The van der Waals surface area contributed by atoms with Gasteiger partial charge in [0.05, 0.1) is 19.8 Å². The first-order valence-corrected chi connectivity index (χ1v) is 5.20. The minimum absolute atomic E-state index is 0.0580. The van der Waals surface area contributed by atoms with Crippen LogP contribution in [0, 0.1) is 0 Å². The smallest absolute Gasteiger partial charge is 0.408 e. The zero-order chi connectivity index (χ0) is 13.5. The van der Waals surface area contributed by atoms with Crippen molar-refractivity contribution in [3.05, 3.63) is 0 Å². The molecule has 1 unspecified atom stereocenters. The summed E-state index contributed by atoms with van der Waals surface area (Å²) in [5, 5.41) is 13.8. The van der Waals surface area contributed by atoms with Gasteiger partial charge in [0.1, 0.15) is 5.60 Å². The van der Waals surface area contributed by atoms with Gasteiger partial charge in [-0.1, -0.05) is 0 Å². The fourth-order valence-electron chi connectivity index (χ4n) is 0.914. The number of alkyl carbamates (subject to hydrolysis) is 2. The number of hydrogen-bond acceptors (Lipinski definition) is 5.